The standard InChI is InChI=1S/C21H19N5O3S/c1-21(2,3)15-5-7-16(8-6-15)30(27,28)25-20-9-4-14(11-22)18-10-17(24-26(18)20)19-12-23-13-29-19/h4-10,12-13,25H,1-3H3. The predicted octanol–water partition coefficient (Wildman–Crippen LogP) is 3.96. The summed E-state index contributed by atoms with van der Waals surface area (Å²) in [5.41, 5.74) is 2.19. The minimum absolute atomic E-state index is 0.0822. The average Bonchev–Trinajstić information content (AvgIpc) is 3.37. The molecule has 0 amide bonds. The van der Waals surface area contributed by atoms with Crippen LogP contribution in [0.4, 0.5) is 5.82 Å². The van der Waals surface area contributed by atoms with Gasteiger partial charge in [0.25, 0.3) is 10.0 Å². The Hall–Kier alpha value is -3.64. The molecule has 1 N–H and O–H groups in total. The maximum absolute atomic E-state index is 13.0. The number of pyridine rings is 1. The van der Waals surface area contributed by atoms with Crippen molar-refractivity contribution in [3.63, 3.8) is 0 Å². The fourth-order valence-electron chi connectivity index (χ4n) is 3.04. The minimum Gasteiger partial charge on any atom is -0.442 e. The Morgan fingerprint density at radius 3 is 2.47 bits per heavy atom. The second-order valence-electron chi connectivity index (χ2n) is 7.82. The van der Waals surface area contributed by atoms with Gasteiger partial charge in [0.1, 0.15) is 17.6 Å². The molecular weight excluding hydrogens is 402 g/mol. The molecule has 4 rings (SSSR count). The van der Waals surface area contributed by atoms with E-state index in [-0.39, 0.29) is 16.1 Å². The number of nitriles is 1. The summed E-state index contributed by atoms with van der Waals surface area (Å²) in [6.45, 7) is 6.18. The topological polar surface area (TPSA) is 113 Å². The van der Waals surface area contributed by atoms with E-state index in [9.17, 15) is 13.7 Å². The van der Waals surface area contributed by atoms with Gasteiger partial charge in [-0.25, -0.2) is 17.9 Å². The molecular formula is C21H19N5O3S. The SMILES string of the molecule is CC(C)(C)c1ccc(S(=O)(=O)Nc2ccc(C#N)c3cc(-c4cnco4)nn23)cc1. The van der Waals surface area contributed by atoms with Crippen LogP contribution in [0, 0.1) is 11.3 Å². The first-order chi connectivity index (χ1) is 14.2. The van der Waals surface area contributed by atoms with Crippen molar-refractivity contribution in [1.82, 2.24) is 14.6 Å². The summed E-state index contributed by atoms with van der Waals surface area (Å²) in [5, 5.41) is 13.8. The van der Waals surface area contributed by atoms with Gasteiger partial charge in [-0.2, -0.15) is 10.4 Å². The van der Waals surface area contributed by atoms with E-state index >= 15 is 0 Å². The first-order valence-electron chi connectivity index (χ1n) is 9.14. The van der Waals surface area contributed by atoms with Gasteiger partial charge < -0.3 is 4.42 Å². The van der Waals surface area contributed by atoms with E-state index < -0.39 is 10.0 Å². The lowest BCUT2D eigenvalue weighted by atomic mass is 9.87. The molecule has 0 radical (unpaired) electrons. The van der Waals surface area contributed by atoms with Gasteiger partial charge in [0.15, 0.2) is 12.2 Å². The number of sulfonamides is 1. The molecule has 30 heavy (non-hydrogen) atoms. The third-order valence-electron chi connectivity index (χ3n) is 4.70. The molecule has 0 unspecified atom stereocenters. The van der Waals surface area contributed by atoms with Gasteiger partial charge in [-0.1, -0.05) is 32.9 Å². The molecule has 152 valence electrons. The smallest absolute Gasteiger partial charge is 0.263 e. The van der Waals surface area contributed by atoms with Gasteiger partial charge in [-0.05, 0) is 41.3 Å². The maximum atomic E-state index is 13.0. The van der Waals surface area contributed by atoms with Crippen molar-refractivity contribution in [2.45, 2.75) is 31.1 Å². The first kappa shape index (κ1) is 19.7. The van der Waals surface area contributed by atoms with Gasteiger partial charge in [0.05, 0.1) is 22.2 Å². The molecule has 0 bridgehead atoms. The van der Waals surface area contributed by atoms with Gasteiger partial charge >= 0.3 is 0 Å². The zero-order valence-corrected chi connectivity index (χ0v) is 17.4. The van der Waals surface area contributed by atoms with Crippen LogP contribution in [-0.2, 0) is 15.4 Å². The van der Waals surface area contributed by atoms with E-state index in [1.54, 1.807) is 36.4 Å². The zero-order valence-electron chi connectivity index (χ0n) is 16.6. The number of nitrogens with one attached hydrogen (secondary N) is 1. The van der Waals surface area contributed by atoms with E-state index in [1.165, 1.54) is 23.2 Å². The molecule has 0 saturated carbocycles. The fraction of sp³-hybridized carbons (Fsp3) is 0.190. The molecule has 0 aliphatic heterocycles. The average molecular weight is 421 g/mol. The molecule has 3 heterocycles. The lowest BCUT2D eigenvalue weighted by molar-refractivity contribution is 0.569. The number of hydrogen-bond acceptors (Lipinski definition) is 6. The van der Waals surface area contributed by atoms with Crippen LogP contribution in [0.2, 0.25) is 0 Å². The molecule has 3 aromatic heterocycles. The van der Waals surface area contributed by atoms with Crippen molar-refractivity contribution in [2.24, 2.45) is 0 Å². The van der Waals surface area contributed by atoms with Gasteiger partial charge in [-0.3, -0.25) is 4.72 Å². The lowest BCUT2D eigenvalue weighted by Gasteiger charge is -2.19. The maximum Gasteiger partial charge on any atom is 0.263 e. The Morgan fingerprint density at radius 1 is 1.13 bits per heavy atom. The number of oxazole rings is 1. The van der Waals surface area contributed by atoms with E-state index in [0.29, 0.717) is 22.5 Å². The summed E-state index contributed by atoms with van der Waals surface area (Å²) in [6.07, 6.45) is 2.77. The van der Waals surface area contributed by atoms with E-state index in [0.717, 1.165) is 5.56 Å². The van der Waals surface area contributed by atoms with Crippen molar-refractivity contribution >= 4 is 21.4 Å². The van der Waals surface area contributed by atoms with Crippen molar-refractivity contribution in [2.75, 3.05) is 4.72 Å². The number of hydrogen-bond donors (Lipinski definition) is 1. The van der Waals surface area contributed by atoms with Gasteiger partial charge in [-0.15, -0.1) is 0 Å². The van der Waals surface area contributed by atoms with Crippen molar-refractivity contribution in [1.29, 1.82) is 5.26 Å². The highest BCUT2D eigenvalue weighted by molar-refractivity contribution is 7.92. The molecule has 8 nitrogen and oxygen atoms in total. The molecule has 0 atom stereocenters. The molecule has 0 saturated heterocycles. The highest BCUT2D eigenvalue weighted by atomic mass is 32.2. The molecule has 0 aliphatic carbocycles. The summed E-state index contributed by atoms with van der Waals surface area (Å²) in [5.74, 6) is 0.615. The van der Waals surface area contributed by atoms with Crippen LogP contribution < -0.4 is 4.72 Å². The Kier molecular flexibility index (Phi) is 4.59. The highest BCUT2D eigenvalue weighted by Crippen LogP contribution is 2.27. The molecule has 4 aromatic rings. The minimum atomic E-state index is -3.86. The van der Waals surface area contributed by atoms with Crippen LogP contribution in [0.25, 0.3) is 17.0 Å². The predicted molar refractivity (Wildman–Crippen MR) is 111 cm³/mol. The van der Waals surface area contributed by atoms with Crippen LogP contribution in [0.3, 0.4) is 0 Å². The summed E-state index contributed by atoms with van der Waals surface area (Å²) in [4.78, 5) is 4.00. The molecule has 0 spiro atoms. The Bertz CT molecular complexity index is 1360. The van der Waals surface area contributed by atoms with Crippen LogP contribution >= 0.6 is 0 Å². The normalized spacial score (nSPS) is 12.1. The van der Waals surface area contributed by atoms with E-state index in [2.05, 4.69) is 41.6 Å². The van der Waals surface area contributed by atoms with Crippen LogP contribution in [-0.4, -0.2) is 23.0 Å². The van der Waals surface area contributed by atoms with Crippen LogP contribution in [0.15, 0.2) is 64.4 Å². The summed E-state index contributed by atoms with van der Waals surface area (Å²) < 4.78 is 35.1. The molecule has 1 aromatic carbocycles. The number of anilines is 1. The summed E-state index contributed by atoms with van der Waals surface area (Å²) >= 11 is 0. The molecule has 0 aliphatic rings. The van der Waals surface area contributed by atoms with Gasteiger partial charge in [0, 0.05) is 0 Å². The van der Waals surface area contributed by atoms with Crippen molar-refractivity contribution in [3.05, 3.63) is 66.2 Å². The van der Waals surface area contributed by atoms with Crippen LogP contribution in [0.5, 0.6) is 0 Å². The highest BCUT2D eigenvalue weighted by Gasteiger charge is 2.20. The second kappa shape index (κ2) is 7.00. The van der Waals surface area contributed by atoms with E-state index in [1.807, 2.05) is 0 Å². The summed E-state index contributed by atoms with van der Waals surface area (Å²) in [6, 6.07) is 13.5. The fourth-order valence-corrected chi connectivity index (χ4v) is 4.08. The molecule has 0 fully saturated rings. The van der Waals surface area contributed by atoms with Crippen molar-refractivity contribution < 1.29 is 12.8 Å². The quantitative estimate of drug-likeness (QED) is 0.534. The first-order valence-corrected chi connectivity index (χ1v) is 10.6. The number of rotatable bonds is 4. The third kappa shape index (κ3) is 3.53. The van der Waals surface area contributed by atoms with Gasteiger partial charge in [0.2, 0.25) is 0 Å². The molecule has 9 heteroatoms. The summed E-state index contributed by atoms with van der Waals surface area (Å²) in [7, 11) is -3.86. The lowest BCUT2D eigenvalue weighted by Crippen LogP contribution is -2.17. The number of nitrogens with zero attached hydrogens (tertiary/aromatic N) is 4. The number of benzene rings is 1. The number of aromatic nitrogens is 3. The monoisotopic (exact) mass is 421 g/mol. The van der Waals surface area contributed by atoms with E-state index in [4.69, 9.17) is 4.42 Å². The Labute approximate surface area is 173 Å². The second-order valence-corrected chi connectivity index (χ2v) is 9.50. The Morgan fingerprint density at radius 2 is 1.87 bits per heavy atom. The third-order valence-corrected chi connectivity index (χ3v) is 6.07. The largest absolute Gasteiger partial charge is 0.442 e. The van der Waals surface area contributed by atoms with Crippen LogP contribution in [0.1, 0.15) is 31.9 Å². The Balaban J connectivity index is 1.75. The zero-order chi connectivity index (χ0) is 21.5. The van der Waals surface area contributed by atoms with Crippen molar-refractivity contribution in [3.8, 4) is 17.5 Å². The number of fused-ring (bicyclic) bond motifs is 1.